The molecule has 6 heterocycles. The molecule has 8 rings (SSSR count). The van der Waals surface area contributed by atoms with Gasteiger partial charge in [-0.15, -0.1) is 32.9 Å². The molecule has 3 aromatic heterocycles. The summed E-state index contributed by atoms with van der Waals surface area (Å²) in [6, 6.07) is 12.7. The molecule has 19 heteroatoms. The number of halogens is 1. The smallest absolute Gasteiger partial charge is 0.249 e. The van der Waals surface area contributed by atoms with Gasteiger partial charge in [-0.2, -0.15) is 0 Å². The Kier molecular flexibility index (Phi) is 15.7. The first-order valence-electron chi connectivity index (χ1n) is 23.8. The molecule has 2 aromatic carbocycles. The van der Waals surface area contributed by atoms with Crippen LogP contribution in [0.25, 0.3) is 15.4 Å². The summed E-state index contributed by atoms with van der Waals surface area (Å²) < 4.78 is 14.1. The Morgan fingerprint density at radius 1 is 0.971 bits per heavy atom. The molecule has 3 aliphatic heterocycles. The third-order valence-electron chi connectivity index (χ3n) is 13.3. The van der Waals surface area contributed by atoms with Crippen molar-refractivity contribution in [1.82, 2.24) is 40.6 Å². The number of benzene rings is 2. The van der Waals surface area contributed by atoms with Crippen LogP contribution in [0, 0.1) is 33.1 Å². The van der Waals surface area contributed by atoms with Crippen LogP contribution in [-0.2, 0) is 28.7 Å². The number of aliphatic hydroxyl groups is 1. The zero-order valence-electron chi connectivity index (χ0n) is 40.9. The number of aryl methyl sites for hydroxylation is 3. The van der Waals surface area contributed by atoms with E-state index in [2.05, 4.69) is 45.0 Å². The van der Waals surface area contributed by atoms with E-state index < -0.39 is 47.6 Å². The van der Waals surface area contributed by atoms with E-state index in [0.29, 0.717) is 43.3 Å². The molecule has 0 aliphatic carbocycles. The first kappa shape index (κ1) is 51.0. The van der Waals surface area contributed by atoms with Gasteiger partial charge in [0.1, 0.15) is 35.1 Å². The highest BCUT2D eigenvalue weighted by Gasteiger charge is 2.46. The van der Waals surface area contributed by atoms with Gasteiger partial charge in [0.15, 0.2) is 5.82 Å². The van der Waals surface area contributed by atoms with E-state index in [4.69, 9.17) is 26.1 Å². The highest BCUT2D eigenvalue weighted by molar-refractivity contribution is 7.15. The van der Waals surface area contributed by atoms with E-state index in [0.717, 1.165) is 59.8 Å². The van der Waals surface area contributed by atoms with Crippen LogP contribution in [0.4, 0.5) is 0 Å². The molecule has 3 aliphatic rings. The number of ether oxygens (including phenoxy) is 2. The van der Waals surface area contributed by atoms with E-state index in [1.807, 2.05) is 100 Å². The number of aliphatic hydroxyl groups excluding tert-OH is 1. The lowest BCUT2D eigenvalue weighted by Crippen LogP contribution is -2.59. The molecule has 4 N–H and O–H groups in total. The third-order valence-corrected chi connectivity index (χ3v) is 15.7. The van der Waals surface area contributed by atoms with Crippen molar-refractivity contribution in [3.63, 3.8) is 0 Å². The van der Waals surface area contributed by atoms with Crippen molar-refractivity contribution in [3.05, 3.63) is 104 Å². The Balaban J connectivity index is 0.798. The van der Waals surface area contributed by atoms with Gasteiger partial charge in [-0.05, 0) is 88.1 Å². The molecule has 372 valence electrons. The number of aliphatic imine (C=N–C) groups is 1. The van der Waals surface area contributed by atoms with Crippen LogP contribution in [0.1, 0.15) is 116 Å². The number of nitrogens with zero attached hydrogens (tertiary/aromatic N) is 6. The lowest BCUT2D eigenvalue weighted by molar-refractivity contribution is -0.146. The second kappa shape index (κ2) is 21.5. The average molecular weight is 1010 g/mol. The van der Waals surface area contributed by atoms with Gasteiger partial charge in [0, 0.05) is 47.1 Å². The number of aromatic nitrogens is 4. The molecule has 5 aromatic rings. The van der Waals surface area contributed by atoms with Gasteiger partial charge in [0.25, 0.3) is 0 Å². The van der Waals surface area contributed by atoms with Crippen molar-refractivity contribution >= 4 is 63.6 Å². The second-order valence-corrected chi connectivity index (χ2v) is 22.0. The fourth-order valence-electron chi connectivity index (χ4n) is 9.27. The number of nitrogens with one attached hydrogen (secondary N) is 3. The van der Waals surface area contributed by atoms with Crippen LogP contribution in [0.2, 0.25) is 5.02 Å². The molecule has 4 amide bonds. The number of thiazole rings is 1. The lowest BCUT2D eigenvalue weighted by atomic mass is 9.85. The molecule has 7 atom stereocenters. The van der Waals surface area contributed by atoms with Gasteiger partial charge in [-0.1, -0.05) is 68.8 Å². The predicted molar refractivity (Wildman–Crippen MR) is 271 cm³/mol. The maximum Gasteiger partial charge on any atom is 0.249 e. The highest BCUT2D eigenvalue weighted by Crippen LogP contribution is 2.40. The molecule has 0 spiro atoms. The van der Waals surface area contributed by atoms with Crippen molar-refractivity contribution in [3.8, 4) is 15.4 Å². The van der Waals surface area contributed by atoms with Gasteiger partial charge >= 0.3 is 0 Å². The average Bonchev–Trinajstić information content (AvgIpc) is 4.17. The highest BCUT2D eigenvalue weighted by atomic mass is 35.5. The molecule has 16 nitrogen and oxygen atoms in total. The van der Waals surface area contributed by atoms with Crippen molar-refractivity contribution < 1.29 is 33.8 Å². The van der Waals surface area contributed by atoms with Gasteiger partial charge in [-0.3, -0.25) is 28.7 Å². The monoisotopic (exact) mass is 1010 g/mol. The molecule has 2 saturated heterocycles. The minimum absolute atomic E-state index is 0.0274. The number of carbonyl (C=O) groups is 4. The summed E-state index contributed by atoms with van der Waals surface area (Å²) in [6.45, 7) is 16.5. The molecular weight excluding hydrogens is 950 g/mol. The number of β-amino-alcohol motifs (C(OH)–C–C–N with tert-alkyl or cyclic N) is 1. The Labute approximate surface area is 421 Å². The Bertz CT molecular complexity index is 2750. The lowest BCUT2D eigenvalue weighted by Gasteiger charge is -2.36. The fraction of sp³-hybridized carbons (Fsp3) is 0.490. The van der Waals surface area contributed by atoms with Gasteiger partial charge in [0.2, 0.25) is 23.6 Å². The van der Waals surface area contributed by atoms with Crippen molar-refractivity contribution in [1.29, 1.82) is 0 Å². The summed E-state index contributed by atoms with van der Waals surface area (Å²) in [4.78, 5) is 68.4. The van der Waals surface area contributed by atoms with Crippen molar-refractivity contribution in [2.45, 2.75) is 130 Å². The SMILES string of the molecule is Cc1ncsc1-c1ccc([C@H](C)NC(=O)[C@@H]2C[C@@H](O)CN2C(=O)[C@@H](NC(=O)[C@H]2CC[C@@H](COCCCNC(=O)C[C@@H]3N=C(c4ccc(Cl)cc4)c4c(sc(C)c4C)-n4c(C)nnc43)O2)C(C)(C)C)cc1. The number of hydrogen-bond acceptors (Lipinski definition) is 13. The molecule has 0 saturated carbocycles. The van der Waals surface area contributed by atoms with E-state index >= 15 is 0 Å². The predicted octanol–water partition coefficient (Wildman–Crippen LogP) is 7.06. The molecule has 70 heavy (non-hydrogen) atoms. The van der Waals surface area contributed by atoms with E-state index in [9.17, 15) is 24.3 Å². The summed E-state index contributed by atoms with van der Waals surface area (Å²) in [5, 5.41) is 30.2. The number of amides is 4. The summed E-state index contributed by atoms with van der Waals surface area (Å²) in [5.41, 5.74) is 7.79. The summed E-state index contributed by atoms with van der Waals surface area (Å²) in [6.07, 6.45) is -0.266. The topological polar surface area (TPSA) is 202 Å². The van der Waals surface area contributed by atoms with E-state index in [1.54, 1.807) is 22.7 Å². The maximum atomic E-state index is 14.3. The molecule has 2 fully saturated rings. The molecule has 0 unspecified atom stereocenters. The first-order chi connectivity index (χ1) is 33.4. The van der Waals surface area contributed by atoms with E-state index in [-0.39, 0.29) is 50.0 Å². The van der Waals surface area contributed by atoms with Crippen LogP contribution >= 0.6 is 34.3 Å². The number of rotatable bonds is 16. The Morgan fingerprint density at radius 3 is 2.40 bits per heavy atom. The van der Waals surface area contributed by atoms with Gasteiger partial charge in [0.05, 0.1) is 53.1 Å². The second-order valence-electron chi connectivity index (χ2n) is 19.5. The fourth-order valence-corrected chi connectivity index (χ4v) is 11.4. The zero-order valence-corrected chi connectivity index (χ0v) is 43.3. The normalized spacial score (nSPS) is 20.8. The maximum absolute atomic E-state index is 14.3. The van der Waals surface area contributed by atoms with Gasteiger partial charge in [-0.25, -0.2) is 4.98 Å². The van der Waals surface area contributed by atoms with Crippen LogP contribution in [0.5, 0.6) is 0 Å². The first-order valence-corrected chi connectivity index (χ1v) is 25.9. The zero-order chi connectivity index (χ0) is 50.0. The molecule has 0 radical (unpaired) electrons. The van der Waals surface area contributed by atoms with Crippen molar-refractivity contribution in [2.24, 2.45) is 10.4 Å². The largest absolute Gasteiger partial charge is 0.391 e. The standard InChI is InChI=1S/C51H62ClN9O7S2/c1-27-30(4)70-50-42(27)43(33-14-16-35(52)17-15-33)56-38(46-59-58-31(5)61(46)50)23-41(63)53-20-9-21-67-25-37-18-19-40(68-37)48(65)57-45(51(6,7)8)49(66)60-24-36(62)22-39(60)47(64)55-28(2)32-10-12-34(13-11-32)44-29(3)54-26-69-44/h10-17,26,28,36-40,45,62H,9,18-25H2,1-8H3,(H,53,63)(H,55,64)(H,57,65)/t28-,36+,37-,38-,39-,40+,45+/m0/s1. The minimum atomic E-state index is -0.987. The van der Waals surface area contributed by atoms with Crippen LogP contribution in [-0.4, -0.2) is 116 Å². The number of fused-ring (bicyclic) bond motifs is 3. The summed E-state index contributed by atoms with van der Waals surface area (Å²) in [5.74, 6) is -0.0808. The van der Waals surface area contributed by atoms with Crippen molar-refractivity contribution in [2.75, 3.05) is 26.3 Å². The Morgan fingerprint density at radius 2 is 1.70 bits per heavy atom. The molecular formula is C51H62ClN9O7S2. The number of hydrogen-bond donors (Lipinski definition) is 4. The van der Waals surface area contributed by atoms with Crippen LogP contribution in [0.15, 0.2) is 59.0 Å². The number of carbonyl (C=O) groups excluding carboxylic acids is 4. The number of likely N-dealkylation sites (tertiary alicyclic amines) is 1. The van der Waals surface area contributed by atoms with Crippen LogP contribution < -0.4 is 16.0 Å². The Hall–Kier alpha value is -5.37. The number of thiophene rings is 1. The van der Waals surface area contributed by atoms with Gasteiger partial charge < -0.3 is 35.4 Å². The van der Waals surface area contributed by atoms with Crippen LogP contribution in [0.3, 0.4) is 0 Å². The summed E-state index contributed by atoms with van der Waals surface area (Å²) in [7, 11) is 0. The molecule has 0 bridgehead atoms. The summed E-state index contributed by atoms with van der Waals surface area (Å²) >= 11 is 9.48. The van der Waals surface area contributed by atoms with E-state index in [1.165, 1.54) is 4.90 Å². The third kappa shape index (κ3) is 11.2. The quantitative estimate of drug-likeness (QED) is 0.0742. The minimum Gasteiger partial charge on any atom is -0.391 e.